The SMILES string of the molecule is CCc1cccc(C)c1NC(=O)c1ccc(NCCOC)nn1. The van der Waals surface area contributed by atoms with Crippen LogP contribution >= 0.6 is 0 Å². The Bertz CT molecular complexity index is 656. The van der Waals surface area contributed by atoms with Gasteiger partial charge < -0.3 is 15.4 Å². The fourth-order valence-electron chi connectivity index (χ4n) is 2.21. The molecular weight excluding hydrogens is 292 g/mol. The topological polar surface area (TPSA) is 76.1 Å². The minimum Gasteiger partial charge on any atom is -0.383 e. The summed E-state index contributed by atoms with van der Waals surface area (Å²) >= 11 is 0. The zero-order valence-corrected chi connectivity index (χ0v) is 13.7. The maximum Gasteiger partial charge on any atom is 0.276 e. The van der Waals surface area contributed by atoms with Crippen molar-refractivity contribution in [2.24, 2.45) is 0 Å². The number of ether oxygens (including phenoxy) is 1. The van der Waals surface area contributed by atoms with Crippen molar-refractivity contribution in [2.45, 2.75) is 20.3 Å². The van der Waals surface area contributed by atoms with Crippen LogP contribution in [0.1, 0.15) is 28.5 Å². The van der Waals surface area contributed by atoms with E-state index in [1.165, 1.54) is 0 Å². The molecule has 0 saturated carbocycles. The Morgan fingerprint density at radius 3 is 2.70 bits per heavy atom. The summed E-state index contributed by atoms with van der Waals surface area (Å²) in [7, 11) is 1.64. The summed E-state index contributed by atoms with van der Waals surface area (Å²) in [6.07, 6.45) is 0.853. The number of hydrogen-bond acceptors (Lipinski definition) is 5. The molecule has 23 heavy (non-hydrogen) atoms. The van der Waals surface area contributed by atoms with E-state index in [-0.39, 0.29) is 11.6 Å². The minimum absolute atomic E-state index is 0.259. The first-order valence-electron chi connectivity index (χ1n) is 7.62. The molecule has 0 unspecified atom stereocenters. The van der Waals surface area contributed by atoms with E-state index < -0.39 is 0 Å². The maximum absolute atomic E-state index is 12.4. The van der Waals surface area contributed by atoms with Gasteiger partial charge in [0.1, 0.15) is 5.82 Å². The third-order valence-corrected chi connectivity index (χ3v) is 3.49. The fraction of sp³-hybridized carbons (Fsp3) is 0.353. The van der Waals surface area contributed by atoms with Gasteiger partial charge in [0.05, 0.1) is 6.61 Å². The first-order chi connectivity index (χ1) is 11.2. The molecule has 0 spiro atoms. The second-order valence-electron chi connectivity index (χ2n) is 5.14. The van der Waals surface area contributed by atoms with E-state index >= 15 is 0 Å². The number of methoxy groups -OCH3 is 1. The Balaban J connectivity index is 2.06. The highest BCUT2D eigenvalue weighted by molar-refractivity contribution is 6.03. The lowest BCUT2D eigenvalue weighted by Gasteiger charge is -2.12. The maximum atomic E-state index is 12.4. The Morgan fingerprint density at radius 1 is 1.22 bits per heavy atom. The largest absolute Gasteiger partial charge is 0.383 e. The summed E-state index contributed by atoms with van der Waals surface area (Å²) in [5.41, 5.74) is 3.27. The first kappa shape index (κ1) is 16.9. The van der Waals surface area contributed by atoms with E-state index in [0.29, 0.717) is 19.0 Å². The molecule has 1 heterocycles. The normalized spacial score (nSPS) is 10.4. The number of nitrogens with one attached hydrogen (secondary N) is 2. The van der Waals surface area contributed by atoms with Crippen molar-refractivity contribution in [1.82, 2.24) is 10.2 Å². The second-order valence-corrected chi connectivity index (χ2v) is 5.14. The van der Waals surface area contributed by atoms with Crippen molar-refractivity contribution < 1.29 is 9.53 Å². The summed E-state index contributed by atoms with van der Waals surface area (Å²) in [5.74, 6) is 0.355. The summed E-state index contributed by atoms with van der Waals surface area (Å²) < 4.78 is 4.95. The molecule has 0 saturated heterocycles. The van der Waals surface area contributed by atoms with Gasteiger partial charge in [-0.25, -0.2) is 0 Å². The van der Waals surface area contributed by atoms with Crippen molar-refractivity contribution in [3.8, 4) is 0 Å². The van der Waals surface area contributed by atoms with Gasteiger partial charge in [-0.3, -0.25) is 4.79 Å². The van der Waals surface area contributed by atoms with Gasteiger partial charge in [-0.2, -0.15) is 0 Å². The Labute approximate surface area is 136 Å². The third kappa shape index (κ3) is 4.50. The van der Waals surface area contributed by atoms with E-state index in [0.717, 1.165) is 23.2 Å². The number of carbonyl (C=O) groups excluding carboxylic acids is 1. The van der Waals surface area contributed by atoms with Gasteiger partial charge >= 0.3 is 0 Å². The van der Waals surface area contributed by atoms with Crippen LogP contribution in [0.15, 0.2) is 30.3 Å². The highest BCUT2D eigenvalue weighted by Gasteiger charge is 2.12. The zero-order valence-electron chi connectivity index (χ0n) is 13.7. The minimum atomic E-state index is -0.259. The van der Waals surface area contributed by atoms with Gasteiger partial charge in [0.25, 0.3) is 5.91 Å². The lowest BCUT2D eigenvalue weighted by atomic mass is 10.1. The number of rotatable bonds is 7. The number of amides is 1. The van der Waals surface area contributed by atoms with Gasteiger partial charge in [-0.1, -0.05) is 25.1 Å². The standard InChI is InChI=1S/C17H22N4O2/c1-4-13-7-5-6-12(2)16(13)19-17(22)14-8-9-15(21-20-14)18-10-11-23-3/h5-9H,4,10-11H2,1-3H3,(H,18,21)(H,19,22). The van der Waals surface area contributed by atoms with Crippen LogP contribution in [0.5, 0.6) is 0 Å². The molecular formula is C17H22N4O2. The van der Waals surface area contributed by atoms with Gasteiger partial charge in [0.15, 0.2) is 5.69 Å². The number of para-hydroxylation sites is 1. The van der Waals surface area contributed by atoms with Gasteiger partial charge in [0, 0.05) is 19.3 Å². The first-order valence-corrected chi connectivity index (χ1v) is 7.62. The van der Waals surface area contributed by atoms with Crippen LogP contribution in [0.2, 0.25) is 0 Å². The summed E-state index contributed by atoms with van der Waals surface area (Å²) in [6, 6.07) is 9.36. The molecule has 0 bridgehead atoms. The number of hydrogen-bond donors (Lipinski definition) is 2. The number of anilines is 2. The molecule has 0 atom stereocenters. The molecule has 6 heteroatoms. The predicted octanol–water partition coefficient (Wildman–Crippen LogP) is 2.66. The van der Waals surface area contributed by atoms with E-state index in [1.807, 2.05) is 25.1 Å². The predicted molar refractivity (Wildman–Crippen MR) is 90.9 cm³/mol. The van der Waals surface area contributed by atoms with Crippen LogP contribution in [0.3, 0.4) is 0 Å². The molecule has 0 aliphatic heterocycles. The smallest absolute Gasteiger partial charge is 0.276 e. The molecule has 6 nitrogen and oxygen atoms in total. The second kappa shape index (κ2) is 8.24. The number of carbonyl (C=O) groups is 1. The Hall–Kier alpha value is -2.47. The molecule has 2 rings (SSSR count). The lowest BCUT2D eigenvalue weighted by molar-refractivity contribution is 0.102. The van der Waals surface area contributed by atoms with Crippen molar-refractivity contribution in [3.05, 3.63) is 47.2 Å². The molecule has 2 N–H and O–H groups in total. The van der Waals surface area contributed by atoms with Crippen LogP contribution in [0.4, 0.5) is 11.5 Å². The molecule has 1 aromatic carbocycles. The van der Waals surface area contributed by atoms with E-state index in [9.17, 15) is 4.79 Å². The molecule has 1 aromatic heterocycles. The number of nitrogens with zero attached hydrogens (tertiary/aromatic N) is 2. The number of benzene rings is 1. The third-order valence-electron chi connectivity index (χ3n) is 3.49. The van der Waals surface area contributed by atoms with Gasteiger partial charge in [0.2, 0.25) is 0 Å². The zero-order chi connectivity index (χ0) is 16.7. The van der Waals surface area contributed by atoms with Crippen molar-refractivity contribution in [1.29, 1.82) is 0 Å². The monoisotopic (exact) mass is 314 g/mol. The van der Waals surface area contributed by atoms with Crippen LogP contribution in [-0.2, 0) is 11.2 Å². The van der Waals surface area contributed by atoms with Crippen LogP contribution in [-0.4, -0.2) is 36.4 Å². The van der Waals surface area contributed by atoms with Gasteiger partial charge in [-0.15, -0.1) is 10.2 Å². The highest BCUT2D eigenvalue weighted by atomic mass is 16.5. The van der Waals surface area contributed by atoms with Crippen LogP contribution in [0, 0.1) is 6.92 Å². The summed E-state index contributed by atoms with van der Waals surface area (Å²) in [4.78, 5) is 12.4. The lowest BCUT2D eigenvalue weighted by Crippen LogP contribution is -2.17. The summed E-state index contributed by atoms with van der Waals surface area (Å²) in [5, 5.41) is 14.0. The average Bonchev–Trinajstić information content (AvgIpc) is 2.57. The van der Waals surface area contributed by atoms with Crippen molar-refractivity contribution in [3.63, 3.8) is 0 Å². The molecule has 0 aliphatic rings. The van der Waals surface area contributed by atoms with E-state index in [2.05, 4.69) is 27.8 Å². The molecule has 122 valence electrons. The Morgan fingerprint density at radius 2 is 2.04 bits per heavy atom. The Kier molecular flexibility index (Phi) is 6.05. The van der Waals surface area contributed by atoms with Crippen LogP contribution < -0.4 is 10.6 Å². The molecule has 0 radical (unpaired) electrons. The van der Waals surface area contributed by atoms with Crippen LogP contribution in [0.25, 0.3) is 0 Å². The van der Waals surface area contributed by atoms with E-state index in [4.69, 9.17) is 4.74 Å². The number of aryl methyl sites for hydroxylation is 2. The molecule has 1 amide bonds. The quantitative estimate of drug-likeness (QED) is 0.768. The molecule has 0 aliphatic carbocycles. The van der Waals surface area contributed by atoms with Crippen molar-refractivity contribution >= 4 is 17.4 Å². The molecule has 0 fully saturated rings. The van der Waals surface area contributed by atoms with E-state index in [1.54, 1.807) is 19.2 Å². The van der Waals surface area contributed by atoms with Crippen molar-refractivity contribution in [2.75, 3.05) is 30.9 Å². The highest BCUT2D eigenvalue weighted by Crippen LogP contribution is 2.21. The number of aromatic nitrogens is 2. The fourth-order valence-corrected chi connectivity index (χ4v) is 2.21. The average molecular weight is 314 g/mol. The molecule has 2 aromatic rings. The summed E-state index contributed by atoms with van der Waals surface area (Å²) in [6.45, 7) is 5.25. The van der Waals surface area contributed by atoms with Gasteiger partial charge in [-0.05, 0) is 36.6 Å².